The normalized spacial score (nSPS) is 22.6. The number of nitrogens with zero attached hydrogens (tertiary/aromatic N) is 1. The minimum atomic E-state index is -0.424. The molecule has 1 amide bonds. The molecule has 4 heteroatoms. The largest absolute Gasteiger partial charge is 0.445 e. The van der Waals surface area contributed by atoms with E-state index in [1.54, 1.807) is 4.90 Å². The third-order valence-corrected chi connectivity index (χ3v) is 3.74. The van der Waals surface area contributed by atoms with E-state index >= 15 is 0 Å². The second-order valence-electron chi connectivity index (χ2n) is 5.37. The van der Waals surface area contributed by atoms with Gasteiger partial charge >= 0.3 is 6.09 Å². The number of aliphatic hydroxyl groups is 1. The molecule has 1 fully saturated rings. The number of likely N-dealkylation sites (tertiary alicyclic amines) is 1. The summed E-state index contributed by atoms with van der Waals surface area (Å²) in [6, 6.07) is 9.85. The number of piperidine rings is 1. The molecule has 4 nitrogen and oxygen atoms in total. The summed E-state index contributed by atoms with van der Waals surface area (Å²) >= 11 is 0. The van der Waals surface area contributed by atoms with Gasteiger partial charge in [-0.3, -0.25) is 0 Å². The first kappa shape index (κ1) is 14.9. The second-order valence-corrected chi connectivity index (χ2v) is 5.37. The summed E-state index contributed by atoms with van der Waals surface area (Å²) in [6.07, 6.45) is 2.89. The van der Waals surface area contributed by atoms with Crippen LogP contribution in [0.15, 0.2) is 30.3 Å². The first-order valence-corrected chi connectivity index (χ1v) is 7.36. The van der Waals surface area contributed by atoms with Crippen LogP contribution < -0.4 is 0 Å². The summed E-state index contributed by atoms with van der Waals surface area (Å²) in [4.78, 5) is 13.9. The third kappa shape index (κ3) is 3.97. The quantitative estimate of drug-likeness (QED) is 0.920. The summed E-state index contributed by atoms with van der Waals surface area (Å²) in [6.45, 7) is 2.78. The van der Waals surface area contributed by atoms with Crippen LogP contribution in [0.2, 0.25) is 0 Å². The fourth-order valence-corrected chi connectivity index (χ4v) is 2.67. The average molecular weight is 277 g/mol. The number of aliphatic hydroxyl groups excluding tert-OH is 1. The summed E-state index contributed by atoms with van der Waals surface area (Å²) in [5.74, 6) is 0. The number of amides is 1. The summed E-state index contributed by atoms with van der Waals surface area (Å²) in [5.41, 5.74) is 0.977. The molecule has 0 spiro atoms. The van der Waals surface area contributed by atoms with Crippen molar-refractivity contribution in [3.8, 4) is 0 Å². The van der Waals surface area contributed by atoms with Crippen molar-refractivity contribution in [3.63, 3.8) is 0 Å². The molecule has 1 aliphatic rings. The van der Waals surface area contributed by atoms with Crippen molar-refractivity contribution >= 4 is 6.09 Å². The van der Waals surface area contributed by atoms with Gasteiger partial charge in [-0.25, -0.2) is 4.79 Å². The Hall–Kier alpha value is -1.55. The van der Waals surface area contributed by atoms with Crippen molar-refractivity contribution in [2.45, 2.75) is 51.4 Å². The zero-order valence-electron chi connectivity index (χ0n) is 12.0. The molecule has 1 aromatic rings. The van der Waals surface area contributed by atoms with Crippen LogP contribution in [0, 0.1) is 0 Å². The maximum absolute atomic E-state index is 12.2. The van der Waals surface area contributed by atoms with Crippen molar-refractivity contribution in [2.75, 3.05) is 6.54 Å². The van der Waals surface area contributed by atoms with E-state index in [1.165, 1.54) is 0 Å². The van der Waals surface area contributed by atoms with Crippen LogP contribution in [0.25, 0.3) is 0 Å². The standard InChI is InChI=1S/C16H23NO3/c1-2-6-14-9-10-15(18)11-17(14)16(19)20-12-13-7-4-3-5-8-13/h3-5,7-8,14-15,18H,2,6,9-12H2,1H3/t14-,15-/m1/s1. The van der Waals surface area contributed by atoms with Gasteiger partial charge in [-0.1, -0.05) is 43.7 Å². The van der Waals surface area contributed by atoms with E-state index < -0.39 is 6.10 Å². The number of ether oxygens (including phenoxy) is 1. The molecule has 0 bridgehead atoms. The second kappa shape index (κ2) is 7.29. The van der Waals surface area contributed by atoms with Crippen LogP contribution in [0.3, 0.4) is 0 Å². The molecule has 1 aromatic carbocycles. The van der Waals surface area contributed by atoms with Crippen LogP contribution in [0.1, 0.15) is 38.2 Å². The van der Waals surface area contributed by atoms with Crippen LogP contribution in [0.5, 0.6) is 0 Å². The van der Waals surface area contributed by atoms with Crippen LogP contribution in [-0.4, -0.2) is 34.8 Å². The van der Waals surface area contributed by atoms with Crippen molar-refractivity contribution in [2.24, 2.45) is 0 Å². The summed E-state index contributed by atoms with van der Waals surface area (Å²) in [5, 5.41) is 9.75. The molecule has 20 heavy (non-hydrogen) atoms. The lowest BCUT2D eigenvalue weighted by Gasteiger charge is -2.37. The van der Waals surface area contributed by atoms with E-state index in [1.807, 2.05) is 30.3 Å². The van der Waals surface area contributed by atoms with Gasteiger partial charge in [0.1, 0.15) is 6.61 Å². The zero-order valence-corrected chi connectivity index (χ0v) is 12.0. The van der Waals surface area contributed by atoms with Gasteiger partial charge in [-0.15, -0.1) is 0 Å². The van der Waals surface area contributed by atoms with E-state index in [-0.39, 0.29) is 18.7 Å². The maximum atomic E-state index is 12.2. The molecule has 0 unspecified atom stereocenters. The Morgan fingerprint density at radius 1 is 1.35 bits per heavy atom. The van der Waals surface area contributed by atoms with Gasteiger partial charge in [0.05, 0.1) is 12.6 Å². The fourth-order valence-electron chi connectivity index (χ4n) is 2.67. The first-order valence-electron chi connectivity index (χ1n) is 7.36. The minimum absolute atomic E-state index is 0.201. The smallest absolute Gasteiger partial charge is 0.410 e. The molecule has 1 saturated heterocycles. The Morgan fingerprint density at radius 2 is 2.10 bits per heavy atom. The number of rotatable bonds is 4. The molecular weight excluding hydrogens is 254 g/mol. The monoisotopic (exact) mass is 277 g/mol. The van der Waals surface area contributed by atoms with Crippen molar-refractivity contribution < 1.29 is 14.6 Å². The molecule has 0 saturated carbocycles. The molecule has 2 rings (SSSR count). The number of benzene rings is 1. The third-order valence-electron chi connectivity index (χ3n) is 3.74. The van der Waals surface area contributed by atoms with Crippen molar-refractivity contribution in [1.29, 1.82) is 0 Å². The number of carbonyl (C=O) groups is 1. The molecule has 0 aliphatic carbocycles. The lowest BCUT2D eigenvalue weighted by molar-refractivity contribution is 0.0183. The highest BCUT2D eigenvalue weighted by molar-refractivity contribution is 5.68. The molecule has 2 atom stereocenters. The number of carbonyl (C=O) groups excluding carboxylic acids is 1. The Kier molecular flexibility index (Phi) is 5.41. The fraction of sp³-hybridized carbons (Fsp3) is 0.562. The van der Waals surface area contributed by atoms with Gasteiger partial charge in [-0.2, -0.15) is 0 Å². The molecular formula is C16H23NO3. The highest BCUT2D eigenvalue weighted by atomic mass is 16.6. The predicted octanol–water partition coefficient (Wildman–Crippen LogP) is 2.95. The average Bonchev–Trinajstić information content (AvgIpc) is 2.48. The number of hydrogen-bond donors (Lipinski definition) is 1. The van der Waals surface area contributed by atoms with Gasteiger partial charge in [0.25, 0.3) is 0 Å². The highest BCUT2D eigenvalue weighted by Crippen LogP contribution is 2.22. The van der Waals surface area contributed by atoms with E-state index in [4.69, 9.17) is 4.74 Å². The molecule has 0 radical (unpaired) electrons. The van der Waals surface area contributed by atoms with Gasteiger partial charge in [-0.05, 0) is 24.8 Å². The van der Waals surface area contributed by atoms with Crippen LogP contribution >= 0.6 is 0 Å². The van der Waals surface area contributed by atoms with Crippen molar-refractivity contribution in [3.05, 3.63) is 35.9 Å². The van der Waals surface area contributed by atoms with Gasteiger partial charge < -0.3 is 14.7 Å². The Morgan fingerprint density at radius 3 is 2.80 bits per heavy atom. The molecule has 1 heterocycles. The Bertz CT molecular complexity index is 421. The Labute approximate surface area is 120 Å². The van der Waals surface area contributed by atoms with Gasteiger partial charge in [0.2, 0.25) is 0 Å². The molecule has 1 aliphatic heterocycles. The topological polar surface area (TPSA) is 49.8 Å². The van der Waals surface area contributed by atoms with Crippen molar-refractivity contribution in [1.82, 2.24) is 4.90 Å². The molecule has 0 aromatic heterocycles. The number of β-amino-alcohol motifs (C(OH)–C–C–N with tert-alkyl or cyclic N) is 1. The molecule has 110 valence electrons. The summed E-state index contributed by atoms with van der Waals surface area (Å²) in [7, 11) is 0. The number of hydrogen-bond acceptors (Lipinski definition) is 3. The predicted molar refractivity (Wildman–Crippen MR) is 77.3 cm³/mol. The van der Waals surface area contributed by atoms with E-state index in [9.17, 15) is 9.90 Å². The lowest BCUT2D eigenvalue weighted by atomic mass is 9.97. The van der Waals surface area contributed by atoms with Crippen LogP contribution in [-0.2, 0) is 11.3 Å². The summed E-state index contributed by atoms with van der Waals surface area (Å²) < 4.78 is 5.37. The van der Waals surface area contributed by atoms with E-state index in [0.29, 0.717) is 6.54 Å². The van der Waals surface area contributed by atoms with Gasteiger partial charge in [0, 0.05) is 6.04 Å². The Balaban J connectivity index is 1.91. The molecule has 1 N–H and O–H groups in total. The zero-order chi connectivity index (χ0) is 14.4. The van der Waals surface area contributed by atoms with Gasteiger partial charge in [0.15, 0.2) is 0 Å². The maximum Gasteiger partial charge on any atom is 0.410 e. The first-order chi connectivity index (χ1) is 9.70. The van der Waals surface area contributed by atoms with E-state index in [0.717, 1.165) is 31.2 Å². The van der Waals surface area contributed by atoms with Crippen LogP contribution in [0.4, 0.5) is 4.79 Å². The highest BCUT2D eigenvalue weighted by Gasteiger charge is 2.31. The minimum Gasteiger partial charge on any atom is -0.445 e. The van der Waals surface area contributed by atoms with E-state index in [2.05, 4.69) is 6.92 Å². The SMILES string of the molecule is CCC[C@@H]1CC[C@@H](O)CN1C(=O)OCc1ccccc1. The lowest BCUT2D eigenvalue weighted by Crippen LogP contribution is -2.48.